The van der Waals surface area contributed by atoms with Crippen LogP contribution in [0.3, 0.4) is 0 Å². The average molecular weight is 415 g/mol. The Labute approximate surface area is 177 Å². The second kappa shape index (κ2) is 11.5. The molecule has 156 valence electrons. The molecule has 0 saturated carbocycles. The van der Waals surface area contributed by atoms with Crippen LogP contribution < -0.4 is 10.1 Å². The molecule has 6 heteroatoms. The Bertz CT molecular complexity index is 791. The third-order valence-corrected chi connectivity index (χ3v) is 5.75. The molecule has 1 atom stereocenters. The Morgan fingerprint density at radius 2 is 1.69 bits per heavy atom. The van der Waals surface area contributed by atoms with Gasteiger partial charge in [0, 0.05) is 19.3 Å². The van der Waals surface area contributed by atoms with E-state index >= 15 is 0 Å². The predicted octanol–water partition coefficient (Wildman–Crippen LogP) is 3.79. The molecule has 1 unspecified atom stereocenters. The first kappa shape index (κ1) is 22.8. The molecular formula is C23H30N2O3S. The molecule has 0 aliphatic rings. The van der Waals surface area contributed by atoms with Crippen LogP contribution in [0.25, 0.3) is 0 Å². The van der Waals surface area contributed by atoms with Gasteiger partial charge in [0.05, 0.1) is 12.9 Å². The largest absolute Gasteiger partial charge is 0.497 e. The summed E-state index contributed by atoms with van der Waals surface area (Å²) in [5, 5.41) is 2.68. The first-order valence-corrected chi connectivity index (χ1v) is 10.9. The fraction of sp³-hybridized carbons (Fsp3) is 0.391. The molecule has 0 aliphatic carbocycles. The Morgan fingerprint density at radius 1 is 1.07 bits per heavy atom. The highest BCUT2D eigenvalue weighted by molar-refractivity contribution is 7.99. The van der Waals surface area contributed by atoms with Gasteiger partial charge in [-0.05, 0) is 36.6 Å². The van der Waals surface area contributed by atoms with Gasteiger partial charge in [-0.2, -0.15) is 0 Å². The van der Waals surface area contributed by atoms with E-state index < -0.39 is 6.04 Å². The van der Waals surface area contributed by atoms with E-state index in [0.717, 1.165) is 17.1 Å². The van der Waals surface area contributed by atoms with Crippen molar-refractivity contribution in [3.8, 4) is 5.75 Å². The van der Waals surface area contributed by atoms with Gasteiger partial charge in [-0.25, -0.2) is 0 Å². The first-order chi connectivity index (χ1) is 14.0. The van der Waals surface area contributed by atoms with Crippen LogP contribution in [-0.2, 0) is 21.9 Å². The number of hydrogen-bond acceptors (Lipinski definition) is 4. The minimum Gasteiger partial charge on any atom is -0.497 e. The Balaban J connectivity index is 2.08. The molecule has 29 heavy (non-hydrogen) atoms. The number of carbonyl (C=O) groups is 2. The summed E-state index contributed by atoms with van der Waals surface area (Å²) in [6.07, 6.45) is 0.560. The highest BCUT2D eigenvalue weighted by Gasteiger charge is 2.27. The summed E-state index contributed by atoms with van der Waals surface area (Å²) in [7, 11) is 3.22. The SMILES string of the molecule is CCC(C(=O)NC)N(Cc1ccc(OC)cc1)C(=O)CSCc1ccc(C)cc1. The number of amides is 2. The van der Waals surface area contributed by atoms with Gasteiger partial charge >= 0.3 is 0 Å². The topological polar surface area (TPSA) is 58.6 Å². The van der Waals surface area contributed by atoms with E-state index in [1.807, 2.05) is 31.2 Å². The number of ether oxygens (including phenoxy) is 1. The van der Waals surface area contributed by atoms with Crippen molar-refractivity contribution in [1.82, 2.24) is 10.2 Å². The summed E-state index contributed by atoms with van der Waals surface area (Å²) in [6.45, 7) is 4.37. The van der Waals surface area contributed by atoms with E-state index in [2.05, 4.69) is 36.5 Å². The predicted molar refractivity (Wildman–Crippen MR) is 119 cm³/mol. The van der Waals surface area contributed by atoms with Crippen molar-refractivity contribution in [3.05, 3.63) is 65.2 Å². The molecule has 2 aromatic rings. The van der Waals surface area contributed by atoms with Gasteiger partial charge in [-0.1, -0.05) is 48.9 Å². The van der Waals surface area contributed by atoms with Crippen molar-refractivity contribution >= 4 is 23.6 Å². The number of nitrogens with zero attached hydrogens (tertiary/aromatic N) is 1. The average Bonchev–Trinajstić information content (AvgIpc) is 2.75. The van der Waals surface area contributed by atoms with E-state index in [0.29, 0.717) is 18.7 Å². The number of likely N-dealkylation sites (N-methyl/N-ethyl adjacent to an activating group) is 1. The molecule has 2 rings (SSSR count). The summed E-state index contributed by atoms with van der Waals surface area (Å²) in [6, 6.07) is 15.4. The first-order valence-electron chi connectivity index (χ1n) is 9.75. The zero-order chi connectivity index (χ0) is 21.2. The number of carbonyl (C=O) groups excluding carboxylic acids is 2. The van der Waals surface area contributed by atoms with Crippen LogP contribution >= 0.6 is 11.8 Å². The second-order valence-corrected chi connectivity index (χ2v) is 7.87. The number of methoxy groups -OCH3 is 1. The zero-order valence-electron chi connectivity index (χ0n) is 17.6. The zero-order valence-corrected chi connectivity index (χ0v) is 18.4. The molecular weight excluding hydrogens is 384 g/mol. The maximum absolute atomic E-state index is 13.0. The van der Waals surface area contributed by atoms with Crippen molar-refractivity contribution in [1.29, 1.82) is 0 Å². The lowest BCUT2D eigenvalue weighted by molar-refractivity contribution is -0.139. The van der Waals surface area contributed by atoms with Crippen LogP contribution in [0.15, 0.2) is 48.5 Å². The summed E-state index contributed by atoms with van der Waals surface area (Å²) < 4.78 is 5.20. The van der Waals surface area contributed by atoms with Gasteiger partial charge in [-0.3, -0.25) is 9.59 Å². The number of thioether (sulfide) groups is 1. The van der Waals surface area contributed by atoms with E-state index in [4.69, 9.17) is 4.74 Å². The molecule has 2 aromatic carbocycles. The van der Waals surface area contributed by atoms with Crippen molar-refractivity contribution in [2.24, 2.45) is 0 Å². The molecule has 0 spiro atoms. The van der Waals surface area contributed by atoms with E-state index in [-0.39, 0.29) is 11.8 Å². The molecule has 1 N–H and O–H groups in total. The number of aryl methyl sites for hydroxylation is 1. The van der Waals surface area contributed by atoms with E-state index in [9.17, 15) is 9.59 Å². The number of nitrogens with one attached hydrogen (secondary N) is 1. The minimum atomic E-state index is -0.491. The van der Waals surface area contributed by atoms with Crippen LogP contribution in [0, 0.1) is 6.92 Å². The fourth-order valence-corrected chi connectivity index (χ4v) is 3.91. The lowest BCUT2D eigenvalue weighted by Gasteiger charge is -2.30. The third kappa shape index (κ3) is 6.82. The van der Waals surface area contributed by atoms with Crippen LogP contribution in [0.5, 0.6) is 5.75 Å². The molecule has 0 heterocycles. The van der Waals surface area contributed by atoms with Crippen molar-refractivity contribution in [2.45, 2.75) is 38.6 Å². The molecule has 5 nitrogen and oxygen atoms in total. The molecule has 0 saturated heterocycles. The summed E-state index contributed by atoms with van der Waals surface area (Å²) in [5.41, 5.74) is 3.37. The molecule has 0 fully saturated rings. The lowest BCUT2D eigenvalue weighted by Crippen LogP contribution is -2.48. The quantitative estimate of drug-likeness (QED) is 0.643. The summed E-state index contributed by atoms with van der Waals surface area (Å²) in [4.78, 5) is 27.1. The number of benzene rings is 2. The van der Waals surface area contributed by atoms with Gasteiger partial charge in [-0.15, -0.1) is 11.8 Å². The minimum absolute atomic E-state index is 0.0339. The Morgan fingerprint density at radius 3 is 2.24 bits per heavy atom. The van der Waals surface area contributed by atoms with Crippen molar-refractivity contribution in [3.63, 3.8) is 0 Å². The van der Waals surface area contributed by atoms with Gasteiger partial charge in [0.15, 0.2) is 0 Å². The lowest BCUT2D eigenvalue weighted by atomic mass is 10.1. The Hall–Kier alpha value is -2.47. The maximum atomic E-state index is 13.0. The monoisotopic (exact) mass is 414 g/mol. The summed E-state index contributed by atoms with van der Waals surface area (Å²) in [5.74, 6) is 1.68. The normalized spacial score (nSPS) is 11.6. The van der Waals surface area contributed by atoms with Crippen molar-refractivity contribution < 1.29 is 14.3 Å². The van der Waals surface area contributed by atoms with Gasteiger partial charge in [0.1, 0.15) is 11.8 Å². The molecule has 0 aliphatic heterocycles. The number of rotatable bonds is 10. The fourth-order valence-electron chi connectivity index (χ4n) is 3.04. The van der Waals surface area contributed by atoms with Crippen LogP contribution in [0.4, 0.5) is 0 Å². The van der Waals surface area contributed by atoms with Crippen LogP contribution in [-0.4, -0.2) is 42.7 Å². The highest BCUT2D eigenvalue weighted by atomic mass is 32.2. The Kier molecular flexibility index (Phi) is 9.06. The van der Waals surface area contributed by atoms with Gasteiger partial charge in [0.2, 0.25) is 11.8 Å². The standard InChI is InChI=1S/C23H30N2O3S/c1-5-21(23(27)24-3)25(14-18-10-12-20(28-4)13-11-18)22(26)16-29-15-19-8-6-17(2)7-9-19/h6-13,21H,5,14-16H2,1-4H3,(H,24,27). The molecule has 2 amide bonds. The van der Waals surface area contributed by atoms with Crippen molar-refractivity contribution in [2.75, 3.05) is 19.9 Å². The smallest absolute Gasteiger partial charge is 0.242 e. The van der Waals surface area contributed by atoms with E-state index in [1.165, 1.54) is 11.1 Å². The maximum Gasteiger partial charge on any atom is 0.242 e. The molecule has 0 radical (unpaired) electrons. The van der Waals surface area contributed by atoms with Gasteiger partial charge < -0.3 is 15.0 Å². The third-order valence-electron chi connectivity index (χ3n) is 4.76. The second-order valence-electron chi connectivity index (χ2n) is 6.89. The molecule has 0 aromatic heterocycles. The van der Waals surface area contributed by atoms with Crippen LogP contribution in [0.1, 0.15) is 30.0 Å². The summed E-state index contributed by atoms with van der Waals surface area (Å²) >= 11 is 1.57. The highest BCUT2D eigenvalue weighted by Crippen LogP contribution is 2.19. The van der Waals surface area contributed by atoms with Crippen LogP contribution in [0.2, 0.25) is 0 Å². The number of hydrogen-bond donors (Lipinski definition) is 1. The molecule has 0 bridgehead atoms. The van der Waals surface area contributed by atoms with E-state index in [1.54, 1.807) is 30.8 Å². The van der Waals surface area contributed by atoms with Gasteiger partial charge in [0.25, 0.3) is 0 Å².